The molecule has 0 aromatic carbocycles. The fourth-order valence-electron chi connectivity index (χ4n) is 1.24. The smallest absolute Gasteiger partial charge is 0.257 e. The van der Waals surface area contributed by atoms with Gasteiger partial charge < -0.3 is 0 Å². The molecular weight excluding hydrogens is 198 g/mol. The fourth-order valence-corrected chi connectivity index (χ4v) is 1.62. The second kappa shape index (κ2) is 4.05. The largest absolute Gasteiger partial charge is 0.264 e. The molecule has 0 bridgehead atoms. The summed E-state index contributed by atoms with van der Waals surface area (Å²) in [6, 6.07) is 0. The fraction of sp³-hybridized carbons (Fsp3) is 0.625. The first-order valence-corrected chi connectivity index (χ1v) is 4.46. The first-order valence-electron chi connectivity index (χ1n) is 3.93. The Morgan fingerprint density at radius 3 is 2.46 bits per heavy atom. The summed E-state index contributed by atoms with van der Waals surface area (Å²) < 4.78 is 25.4. The summed E-state index contributed by atoms with van der Waals surface area (Å²) in [7, 11) is 0. The monoisotopic (exact) mass is 208 g/mol. The molecule has 1 rings (SSSR count). The predicted octanol–water partition coefficient (Wildman–Crippen LogP) is 2.50. The topological polar surface area (TPSA) is 17.8 Å². The van der Waals surface area contributed by atoms with Crippen LogP contribution in [0.5, 0.6) is 0 Å². The van der Waals surface area contributed by atoms with E-state index in [2.05, 4.69) is 5.10 Å². The van der Waals surface area contributed by atoms with Gasteiger partial charge in [0.2, 0.25) is 0 Å². The van der Waals surface area contributed by atoms with E-state index in [0.29, 0.717) is 5.88 Å². The second-order valence-corrected chi connectivity index (χ2v) is 3.12. The van der Waals surface area contributed by atoms with Crippen molar-refractivity contribution in [3.8, 4) is 0 Å². The molecule has 0 saturated heterocycles. The molecule has 0 radical (unpaired) electrons. The number of rotatable bonds is 3. The molecule has 0 aliphatic carbocycles. The van der Waals surface area contributed by atoms with Gasteiger partial charge in [-0.05, 0) is 13.8 Å². The van der Waals surface area contributed by atoms with Crippen LogP contribution in [0.25, 0.3) is 0 Å². The van der Waals surface area contributed by atoms with Crippen LogP contribution in [-0.4, -0.2) is 16.2 Å². The van der Waals surface area contributed by atoms with Crippen molar-refractivity contribution >= 4 is 11.6 Å². The zero-order valence-electron chi connectivity index (χ0n) is 7.52. The molecule has 0 saturated carbocycles. The van der Waals surface area contributed by atoms with Crippen molar-refractivity contribution in [1.82, 2.24) is 9.78 Å². The van der Waals surface area contributed by atoms with Gasteiger partial charge in [0, 0.05) is 11.3 Å². The molecular formula is C8H11ClF2N2. The average Bonchev–Trinajstić information content (AvgIpc) is 2.26. The van der Waals surface area contributed by atoms with Crippen molar-refractivity contribution < 1.29 is 8.78 Å². The molecule has 0 amide bonds. The molecule has 13 heavy (non-hydrogen) atoms. The molecule has 5 heteroatoms. The van der Waals surface area contributed by atoms with Crippen molar-refractivity contribution in [1.29, 1.82) is 0 Å². The number of aromatic nitrogens is 2. The summed E-state index contributed by atoms with van der Waals surface area (Å²) in [4.78, 5) is 0. The van der Waals surface area contributed by atoms with E-state index >= 15 is 0 Å². The molecule has 1 aromatic heterocycles. The van der Waals surface area contributed by atoms with Crippen molar-refractivity contribution in [3.05, 3.63) is 17.0 Å². The Balaban J connectivity index is 2.96. The van der Waals surface area contributed by atoms with Gasteiger partial charge in [-0.15, -0.1) is 11.6 Å². The minimum atomic E-state index is -2.37. The van der Waals surface area contributed by atoms with Gasteiger partial charge in [-0.3, -0.25) is 4.68 Å². The van der Waals surface area contributed by atoms with E-state index in [1.807, 2.05) is 0 Å². The summed E-state index contributed by atoms with van der Waals surface area (Å²) in [5, 5.41) is 3.97. The van der Waals surface area contributed by atoms with E-state index in [1.165, 1.54) is 4.68 Å². The molecule has 0 fully saturated rings. The second-order valence-electron chi connectivity index (χ2n) is 2.86. The number of halogens is 3. The Morgan fingerprint density at radius 2 is 2.08 bits per heavy atom. The lowest BCUT2D eigenvalue weighted by atomic mass is 10.2. The number of nitrogens with zero attached hydrogens (tertiary/aromatic N) is 2. The van der Waals surface area contributed by atoms with E-state index in [1.54, 1.807) is 13.8 Å². The molecule has 0 aliphatic rings. The van der Waals surface area contributed by atoms with Crippen LogP contribution in [0, 0.1) is 13.8 Å². The van der Waals surface area contributed by atoms with E-state index in [-0.39, 0.29) is 6.54 Å². The van der Waals surface area contributed by atoms with E-state index in [4.69, 9.17) is 11.6 Å². The lowest BCUT2D eigenvalue weighted by molar-refractivity contribution is 0.121. The van der Waals surface area contributed by atoms with E-state index < -0.39 is 6.43 Å². The lowest BCUT2D eigenvalue weighted by Gasteiger charge is -2.02. The standard InChI is InChI=1S/C8H11ClF2N2/c1-5-7(3-9)6(2)13(12-5)4-8(10)11/h8H,3-4H2,1-2H3. The maximum atomic E-state index is 12.1. The van der Waals surface area contributed by atoms with Crippen LogP contribution in [0.4, 0.5) is 8.78 Å². The minimum Gasteiger partial charge on any atom is -0.264 e. The zero-order chi connectivity index (χ0) is 10.0. The molecule has 0 N–H and O–H groups in total. The molecule has 1 heterocycles. The Kier molecular flexibility index (Phi) is 3.25. The van der Waals surface area contributed by atoms with Crippen LogP contribution in [0.3, 0.4) is 0 Å². The first-order chi connectivity index (χ1) is 6.06. The normalized spacial score (nSPS) is 11.2. The molecule has 2 nitrogen and oxygen atoms in total. The number of hydrogen-bond acceptors (Lipinski definition) is 1. The molecule has 0 unspecified atom stereocenters. The van der Waals surface area contributed by atoms with Crippen molar-refractivity contribution in [2.24, 2.45) is 0 Å². The Bertz CT molecular complexity index is 297. The molecule has 0 aliphatic heterocycles. The lowest BCUT2D eigenvalue weighted by Crippen LogP contribution is -2.09. The van der Waals surface area contributed by atoms with Crippen LogP contribution in [0.1, 0.15) is 17.0 Å². The molecule has 74 valence electrons. The summed E-state index contributed by atoms with van der Waals surface area (Å²) in [5.74, 6) is 0.320. The summed E-state index contributed by atoms with van der Waals surface area (Å²) in [6.07, 6.45) is -2.37. The van der Waals surface area contributed by atoms with Crippen LogP contribution < -0.4 is 0 Å². The van der Waals surface area contributed by atoms with Gasteiger partial charge in [-0.25, -0.2) is 8.78 Å². The Hall–Kier alpha value is -0.640. The maximum absolute atomic E-state index is 12.1. The van der Waals surface area contributed by atoms with Gasteiger partial charge >= 0.3 is 0 Å². The Morgan fingerprint density at radius 1 is 1.46 bits per heavy atom. The highest BCUT2D eigenvalue weighted by molar-refractivity contribution is 6.17. The van der Waals surface area contributed by atoms with Gasteiger partial charge in [0.1, 0.15) is 6.54 Å². The summed E-state index contributed by atoms with van der Waals surface area (Å²) in [6.45, 7) is 3.16. The number of hydrogen-bond donors (Lipinski definition) is 0. The quantitative estimate of drug-likeness (QED) is 0.698. The zero-order valence-corrected chi connectivity index (χ0v) is 8.28. The predicted molar refractivity (Wildman–Crippen MR) is 47.3 cm³/mol. The SMILES string of the molecule is Cc1nn(CC(F)F)c(C)c1CCl. The van der Waals surface area contributed by atoms with Gasteiger partial charge in [-0.2, -0.15) is 5.10 Å². The summed E-state index contributed by atoms with van der Waals surface area (Å²) >= 11 is 5.65. The molecule has 1 aromatic rings. The average molecular weight is 209 g/mol. The third-order valence-electron chi connectivity index (χ3n) is 1.98. The van der Waals surface area contributed by atoms with E-state index in [9.17, 15) is 8.78 Å². The molecule has 0 spiro atoms. The molecule has 0 atom stereocenters. The number of aryl methyl sites for hydroxylation is 1. The Labute approximate surface area is 80.5 Å². The van der Waals surface area contributed by atoms with Crippen LogP contribution in [0.2, 0.25) is 0 Å². The van der Waals surface area contributed by atoms with Crippen molar-refractivity contribution in [2.45, 2.75) is 32.7 Å². The van der Waals surface area contributed by atoms with Crippen molar-refractivity contribution in [2.75, 3.05) is 0 Å². The number of alkyl halides is 3. The van der Waals surface area contributed by atoms with Gasteiger partial charge in [0.15, 0.2) is 0 Å². The van der Waals surface area contributed by atoms with Gasteiger partial charge in [-0.1, -0.05) is 0 Å². The van der Waals surface area contributed by atoms with Crippen LogP contribution >= 0.6 is 11.6 Å². The highest BCUT2D eigenvalue weighted by Gasteiger charge is 2.13. The highest BCUT2D eigenvalue weighted by Crippen LogP contribution is 2.16. The van der Waals surface area contributed by atoms with Crippen molar-refractivity contribution in [3.63, 3.8) is 0 Å². The van der Waals surface area contributed by atoms with E-state index in [0.717, 1.165) is 17.0 Å². The third-order valence-corrected chi connectivity index (χ3v) is 2.24. The third kappa shape index (κ3) is 2.18. The van der Waals surface area contributed by atoms with Gasteiger partial charge in [0.05, 0.1) is 11.6 Å². The highest BCUT2D eigenvalue weighted by atomic mass is 35.5. The van der Waals surface area contributed by atoms with Crippen LogP contribution in [-0.2, 0) is 12.4 Å². The minimum absolute atomic E-state index is 0.320. The summed E-state index contributed by atoms with van der Waals surface area (Å²) in [5.41, 5.74) is 2.31. The maximum Gasteiger partial charge on any atom is 0.257 e. The first kappa shape index (κ1) is 10.4. The van der Waals surface area contributed by atoms with Gasteiger partial charge in [0.25, 0.3) is 6.43 Å². The van der Waals surface area contributed by atoms with Crippen LogP contribution in [0.15, 0.2) is 0 Å².